The summed E-state index contributed by atoms with van der Waals surface area (Å²) in [6.07, 6.45) is 4.15. The Labute approximate surface area is 114 Å². The van der Waals surface area contributed by atoms with Gasteiger partial charge in [-0.1, -0.05) is 41.0 Å². The second-order valence-corrected chi connectivity index (χ2v) is 7.08. The van der Waals surface area contributed by atoms with Gasteiger partial charge in [-0.2, -0.15) is 0 Å². The molecule has 0 saturated heterocycles. The van der Waals surface area contributed by atoms with Crippen LogP contribution in [0.4, 0.5) is 0 Å². The average Bonchev–Trinajstić information content (AvgIpc) is 2.29. The molecule has 0 radical (unpaired) electrons. The lowest BCUT2D eigenvalue weighted by Gasteiger charge is -2.39. The second kappa shape index (κ2) is 7.49. The molecule has 0 aromatic heterocycles. The number of nitrogens with two attached hydrogens (primary N) is 1. The van der Waals surface area contributed by atoms with Crippen molar-refractivity contribution in [2.75, 3.05) is 13.1 Å². The van der Waals surface area contributed by atoms with Crippen molar-refractivity contribution in [3.05, 3.63) is 0 Å². The quantitative estimate of drug-likeness (QED) is 0.763. The first-order chi connectivity index (χ1) is 8.45. The molecule has 1 rings (SSSR count). The predicted octanol–water partition coefficient (Wildman–Crippen LogP) is 3.27. The standard InChI is InChI=1S/C16H34N2/c1-11(2)14(9-17)10-18-16-8-13(5)6-7-15(16)12(3)4/h11-16,18H,6-10,17H2,1-5H3. The van der Waals surface area contributed by atoms with Crippen LogP contribution in [-0.4, -0.2) is 19.1 Å². The Morgan fingerprint density at radius 1 is 1.17 bits per heavy atom. The van der Waals surface area contributed by atoms with E-state index in [1.54, 1.807) is 0 Å². The zero-order chi connectivity index (χ0) is 13.7. The summed E-state index contributed by atoms with van der Waals surface area (Å²) in [6, 6.07) is 0.710. The fourth-order valence-electron chi connectivity index (χ4n) is 3.33. The van der Waals surface area contributed by atoms with E-state index in [0.29, 0.717) is 17.9 Å². The topological polar surface area (TPSA) is 38.0 Å². The molecule has 0 aliphatic heterocycles. The predicted molar refractivity (Wildman–Crippen MR) is 80.5 cm³/mol. The van der Waals surface area contributed by atoms with Gasteiger partial charge in [-0.15, -0.1) is 0 Å². The van der Waals surface area contributed by atoms with Crippen molar-refractivity contribution in [1.29, 1.82) is 0 Å². The summed E-state index contributed by atoms with van der Waals surface area (Å²) in [5, 5.41) is 3.84. The van der Waals surface area contributed by atoms with Crippen molar-refractivity contribution in [2.45, 2.75) is 59.9 Å². The number of hydrogen-bond donors (Lipinski definition) is 2. The molecule has 0 amide bonds. The second-order valence-electron chi connectivity index (χ2n) is 7.08. The van der Waals surface area contributed by atoms with Gasteiger partial charge in [-0.05, 0) is 55.5 Å². The lowest BCUT2D eigenvalue weighted by Crippen LogP contribution is -2.46. The fourth-order valence-corrected chi connectivity index (χ4v) is 3.33. The Balaban J connectivity index is 2.50. The van der Waals surface area contributed by atoms with E-state index in [1.165, 1.54) is 19.3 Å². The van der Waals surface area contributed by atoms with Crippen LogP contribution in [0.3, 0.4) is 0 Å². The maximum atomic E-state index is 5.87. The SMILES string of the molecule is CC1CCC(C(C)C)C(NCC(CN)C(C)C)C1. The lowest BCUT2D eigenvalue weighted by molar-refractivity contribution is 0.162. The molecule has 0 bridgehead atoms. The van der Waals surface area contributed by atoms with Crippen LogP contribution in [0.1, 0.15) is 53.9 Å². The summed E-state index contributed by atoms with van der Waals surface area (Å²) >= 11 is 0. The van der Waals surface area contributed by atoms with Crippen molar-refractivity contribution in [1.82, 2.24) is 5.32 Å². The molecule has 1 fully saturated rings. The van der Waals surface area contributed by atoms with Crippen LogP contribution in [-0.2, 0) is 0 Å². The van der Waals surface area contributed by atoms with Gasteiger partial charge in [0.05, 0.1) is 0 Å². The van der Waals surface area contributed by atoms with Gasteiger partial charge in [0.1, 0.15) is 0 Å². The van der Waals surface area contributed by atoms with E-state index >= 15 is 0 Å². The number of nitrogens with one attached hydrogen (secondary N) is 1. The van der Waals surface area contributed by atoms with E-state index < -0.39 is 0 Å². The van der Waals surface area contributed by atoms with E-state index in [4.69, 9.17) is 5.73 Å². The first-order valence-electron chi connectivity index (χ1n) is 7.89. The molecule has 1 aliphatic carbocycles. The van der Waals surface area contributed by atoms with Gasteiger partial charge in [-0.25, -0.2) is 0 Å². The van der Waals surface area contributed by atoms with Crippen LogP contribution in [0.2, 0.25) is 0 Å². The summed E-state index contributed by atoms with van der Waals surface area (Å²) in [5.74, 6) is 3.83. The molecule has 0 aromatic rings. The Bertz CT molecular complexity index is 225. The van der Waals surface area contributed by atoms with Crippen LogP contribution < -0.4 is 11.1 Å². The van der Waals surface area contributed by atoms with Gasteiger partial charge in [-0.3, -0.25) is 0 Å². The zero-order valence-electron chi connectivity index (χ0n) is 13.1. The highest BCUT2D eigenvalue weighted by molar-refractivity contribution is 4.86. The molecule has 0 aromatic carbocycles. The minimum absolute atomic E-state index is 0.620. The number of rotatable bonds is 6. The van der Waals surface area contributed by atoms with Crippen LogP contribution in [0, 0.1) is 29.6 Å². The zero-order valence-corrected chi connectivity index (χ0v) is 13.1. The molecule has 0 heterocycles. The highest BCUT2D eigenvalue weighted by Gasteiger charge is 2.30. The van der Waals surface area contributed by atoms with Gasteiger partial charge < -0.3 is 11.1 Å². The summed E-state index contributed by atoms with van der Waals surface area (Å²) in [6.45, 7) is 13.6. The molecule has 3 N–H and O–H groups in total. The smallest absolute Gasteiger partial charge is 0.0100 e. The van der Waals surface area contributed by atoms with Crippen molar-refractivity contribution >= 4 is 0 Å². The first kappa shape index (κ1) is 16.0. The molecule has 2 heteroatoms. The Kier molecular flexibility index (Phi) is 6.65. The minimum atomic E-state index is 0.620. The van der Waals surface area contributed by atoms with Crippen molar-refractivity contribution < 1.29 is 0 Å². The molecule has 1 aliphatic rings. The molecule has 1 saturated carbocycles. The third kappa shape index (κ3) is 4.55. The van der Waals surface area contributed by atoms with Crippen LogP contribution in [0.5, 0.6) is 0 Å². The van der Waals surface area contributed by atoms with Crippen LogP contribution >= 0.6 is 0 Å². The van der Waals surface area contributed by atoms with E-state index in [2.05, 4.69) is 39.9 Å². The third-order valence-corrected chi connectivity index (χ3v) is 4.91. The monoisotopic (exact) mass is 254 g/mol. The number of hydrogen-bond acceptors (Lipinski definition) is 2. The molecule has 0 spiro atoms. The van der Waals surface area contributed by atoms with E-state index in [9.17, 15) is 0 Å². The Hall–Kier alpha value is -0.0800. The molecule has 108 valence electrons. The molecule has 4 unspecified atom stereocenters. The minimum Gasteiger partial charge on any atom is -0.330 e. The summed E-state index contributed by atoms with van der Waals surface area (Å²) in [4.78, 5) is 0. The Morgan fingerprint density at radius 2 is 1.83 bits per heavy atom. The third-order valence-electron chi connectivity index (χ3n) is 4.91. The fraction of sp³-hybridized carbons (Fsp3) is 1.00. The first-order valence-corrected chi connectivity index (χ1v) is 7.89. The maximum Gasteiger partial charge on any atom is 0.0100 e. The normalized spacial score (nSPS) is 31.0. The van der Waals surface area contributed by atoms with Crippen LogP contribution in [0.15, 0.2) is 0 Å². The summed E-state index contributed by atoms with van der Waals surface area (Å²) in [5.41, 5.74) is 5.87. The Morgan fingerprint density at radius 3 is 2.33 bits per heavy atom. The van der Waals surface area contributed by atoms with Gasteiger partial charge in [0.25, 0.3) is 0 Å². The molecular weight excluding hydrogens is 220 g/mol. The van der Waals surface area contributed by atoms with E-state index in [-0.39, 0.29) is 0 Å². The van der Waals surface area contributed by atoms with Gasteiger partial charge >= 0.3 is 0 Å². The van der Waals surface area contributed by atoms with Gasteiger partial charge in [0.15, 0.2) is 0 Å². The molecular formula is C16H34N2. The summed E-state index contributed by atoms with van der Waals surface area (Å²) < 4.78 is 0. The average molecular weight is 254 g/mol. The van der Waals surface area contributed by atoms with Crippen molar-refractivity contribution in [3.63, 3.8) is 0 Å². The maximum absolute atomic E-state index is 5.87. The molecule has 4 atom stereocenters. The highest BCUT2D eigenvalue weighted by atomic mass is 14.9. The van der Waals surface area contributed by atoms with E-state index in [0.717, 1.165) is 30.8 Å². The molecule has 18 heavy (non-hydrogen) atoms. The lowest BCUT2D eigenvalue weighted by atomic mass is 9.74. The van der Waals surface area contributed by atoms with Crippen molar-refractivity contribution in [3.8, 4) is 0 Å². The van der Waals surface area contributed by atoms with Crippen molar-refractivity contribution in [2.24, 2.45) is 35.3 Å². The summed E-state index contributed by atoms with van der Waals surface area (Å²) in [7, 11) is 0. The van der Waals surface area contributed by atoms with E-state index in [1.807, 2.05) is 0 Å². The van der Waals surface area contributed by atoms with Gasteiger partial charge in [0, 0.05) is 6.04 Å². The van der Waals surface area contributed by atoms with Gasteiger partial charge in [0.2, 0.25) is 0 Å². The molecule has 2 nitrogen and oxygen atoms in total. The van der Waals surface area contributed by atoms with Crippen LogP contribution in [0.25, 0.3) is 0 Å². The highest BCUT2D eigenvalue weighted by Crippen LogP contribution is 2.33. The largest absolute Gasteiger partial charge is 0.330 e.